The number of rotatable bonds is 2. The molecule has 1 fully saturated rings. The van der Waals surface area contributed by atoms with Crippen LogP contribution in [0.15, 0.2) is 0 Å². The van der Waals surface area contributed by atoms with Gasteiger partial charge >= 0.3 is 0 Å². The van der Waals surface area contributed by atoms with Crippen molar-refractivity contribution in [2.75, 3.05) is 0 Å². The lowest BCUT2D eigenvalue weighted by atomic mass is 10.1. The van der Waals surface area contributed by atoms with E-state index in [9.17, 15) is 17.9 Å². The average molecular weight is 172 g/mol. The minimum Gasteiger partial charge on any atom is -0.0993 e. The van der Waals surface area contributed by atoms with Crippen LogP contribution in [0.3, 0.4) is 0 Å². The van der Waals surface area contributed by atoms with Crippen molar-refractivity contribution in [3.05, 3.63) is 0 Å². The topological polar surface area (TPSA) is 6.48 Å². The fraction of sp³-hybridized carbons (Fsp3) is 1.00. The monoisotopic (exact) mass is 172 g/mol. The summed E-state index contributed by atoms with van der Waals surface area (Å²) in [5.74, 6) is 0. The maximum Gasteiger partial charge on any atom is 0.196 e. The highest BCUT2D eigenvalue weighted by Crippen LogP contribution is 2.39. The van der Waals surface area contributed by atoms with Gasteiger partial charge in [-0.25, -0.2) is 0 Å². The van der Waals surface area contributed by atoms with Gasteiger partial charge in [-0.3, -0.25) is 0 Å². The third kappa shape index (κ3) is 1.32. The average Bonchev–Trinajstić information content (AvgIpc) is 2.34. The summed E-state index contributed by atoms with van der Waals surface area (Å²) >= 11 is 0. The van der Waals surface area contributed by atoms with E-state index in [4.69, 9.17) is 0 Å². The largest absolute Gasteiger partial charge is 0.196 e. The van der Waals surface area contributed by atoms with Crippen LogP contribution in [-0.4, -0.2) is 16.4 Å². The molecule has 0 unspecified atom stereocenters. The van der Waals surface area contributed by atoms with Gasteiger partial charge in [0.05, 0.1) is 0 Å². The second-order valence-electron chi connectivity index (χ2n) is 2.66. The Morgan fingerprint density at radius 1 is 0.818 bits per heavy atom. The van der Waals surface area contributed by atoms with E-state index >= 15 is 0 Å². The molecule has 0 amide bonds. The second-order valence-corrected chi connectivity index (χ2v) is 2.66. The van der Waals surface area contributed by atoms with Crippen LogP contribution < -0.4 is 0 Å². The lowest BCUT2D eigenvalue weighted by molar-refractivity contribution is -0.369. The number of hydrogen-bond donors (Lipinski definition) is 0. The van der Waals surface area contributed by atoms with Crippen LogP contribution in [-0.2, 0) is 0 Å². The number of nitrogens with zero attached hydrogens (tertiary/aromatic N) is 2. The smallest absolute Gasteiger partial charge is 0.0993 e. The first kappa shape index (κ1) is 8.73. The summed E-state index contributed by atoms with van der Waals surface area (Å²) in [6.07, 6.45) is 0.503. The molecule has 11 heavy (non-hydrogen) atoms. The zero-order valence-electron chi connectivity index (χ0n) is 5.73. The molecule has 0 N–H and O–H groups in total. The Labute approximate surface area is 61.1 Å². The molecule has 0 aliphatic heterocycles. The zero-order valence-corrected chi connectivity index (χ0v) is 5.73. The minimum atomic E-state index is -2.31. The molecule has 66 valence electrons. The van der Waals surface area contributed by atoms with Gasteiger partial charge in [0.15, 0.2) is 5.66 Å². The highest BCUT2D eigenvalue weighted by atomic mass is 19.4. The second kappa shape index (κ2) is 2.94. The van der Waals surface area contributed by atoms with E-state index in [0.29, 0.717) is 12.8 Å². The van der Waals surface area contributed by atoms with Crippen molar-refractivity contribution >= 4 is 0 Å². The van der Waals surface area contributed by atoms with Gasteiger partial charge in [-0.1, -0.05) is 17.9 Å². The summed E-state index contributed by atoms with van der Waals surface area (Å²) in [5.41, 5.74) is -2.31. The molecule has 0 aromatic carbocycles. The molecule has 0 heterocycles. The van der Waals surface area contributed by atoms with Crippen molar-refractivity contribution in [3.8, 4) is 0 Å². The summed E-state index contributed by atoms with van der Waals surface area (Å²) in [6, 6.07) is 0. The highest BCUT2D eigenvalue weighted by Gasteiger charge is 2.49. The zero-order chi connectivity index (χ0) is 8.48. The standard InChI is InChI=1S/C5H8F4N2/c6-10(7)5(11(8)9)3-1-2-4-5/h1-4H2. The van der Waals surface area contributed by atoms with E-state index in [1.54, 1.807) is 0 Å². The molecule has 0 aromatic heterocycles. The normalized spacial score (nSPS) is 23.5. The predicted octanol–water partition coefficient (Wildman–Crippen LogP) is 2.40. The van der Waals surface area contributed by atoms with Crippen molar-refractivity contribution in [1.82, 2.24) is 10.7 Å². The van der Waals surface area contributed by atoms with E-state index in [1.807, 2.05) is 0 Å². The summed E-state index contributed by atoms with van der Waals surface area (Å²) in [5, 5.41) is -2.78. The quantitative estimate of drug-likeness (QED) is 0.358. The maximum absolute atomic E-state index is 12.0. The first-order chi connectivity index (χ1) is 5.09. The molecule has 2 nitrogen and oxygen atoms in total. The Balaban J connectivity index is 2.70. The first-order valence-electron chi connectivity index (χ1n) is 3.33. The Morgan fingerprint density at radius 3 is 1.36 bits per heavy atom. The fourth-order valence-corrected chi connectivity index (χ4v) is 1.34. The summed E-state index contributed by atoms with van der Waals surface area (Å²) in [4.78, 5) is 0. The molecule has 0 bridgehead atoms. The molecule has 0 atom stereocenters. The van der Waals surface area contributed by atoms with Gasteiger partial charge in [0.1, 0.15) is 0 Å². The molecule has 1 aliphatic carbocycles. The molecule has 1 rings (SSSR count). The van der Waals surface area contributed by atoms with Crippen LogP contribution in [0.1, 0.15) is 25.7 Å². The van der Waals surface area contributed by atoms with Gasteiger partial charge in [0.2, 0.25) is 0 Å². The van der Waals surface area contributed by atoms with Crippen LogP contribution in [0.4, 0.5) is 17.9 Å². The SMILES string of the molecule is FN(F)C1(N(F)F)CCCC1. The first-order valence-corrected chi connectivity index (χ1v) is 3.33. The van der Waals surface area contributed by atoms with E-state index < -0.39 is 16.4 Å². The highest BCUT2D eigenvalue weighted by molar-refractivity contribution is 4.83. The Kier molecular flexibility index (Phi) is 2.34. The van der Waals surface area contributed by atoms with Gasteiger partial charge < -0.3 is 0 Å². The molecule has 0 radical (unpaired) electrons. The van der Waals surface area contributed by atoms with Crippen molar-refractivity contribution < 1.29 is 17.9 Å². The van der Waals surface area contributed by atoms with Crippen molar-refractivity contribution in [2.45, 2.75) is 31.3 Å². The summed E-state index contributed by atoms with van der Waals surface area (Å²) < 4.78 is 47.8. The van der Waals surface area contributed by atoms with Crippen LogP contribution in [0.5, 0.6) is 0 Å². The van der Waals surface area contributed by atoms with E-state index in [1.165, 1.54) is 0 Å². The van der Waals surface area contributed by atoms with Crippen molar-refractivity contribution in [2.24, 2.45) is 0 Å². The van der Waals surface area contributed by atoms with Crippen molar-refractivity contribution in [1.29, 1.82) is 0 Å². The third-order valence-corrected chi connectivity index (χ3v) is 2.03. The van der Waals surface area contributed by atoms with Gasteiger partial charge in [-0.15, -0.1) is 0 Å². The number of halogens is 4. The van der Waals surface area contributed by atoms with Crippen LogP contribution in [0.25, 0.3) is 0 Å². The molecule has 1 aliphatic rings. The van der Waals surface area contributed by atoms with Crippen LogP contribution >= 0.6 is 0 Å². The molecule has 1 saturated carbocycles. The van der Waals surface area contributed by atoms with Gasteiger partial charge in [-0.2, -0.15) is 0 Å². The molecular formula is C5H8F4N2. The van der Waals surface area contributed by atoms with E-state index in [-0.39, 0.29) is 12.8 Å². The van der Waals surface area contributed by atoms with Crippen LogP contribution in [0, 0.1) is 0 Å². The lowest BCUT2D eigenvalue weighted by Gasteiger charge is -2.27. The Morgan fingerprint density at radius 2 is 1.18 bits per heavy atom. The molecule has 0 spiro atoms. The Hall–Kier alpha value is -0.360. The summed E-state index contributed by atoms with van der Waals surface area (Å²) in [6.45, 7) is 0. The van der Waals surface area contributed by atoms with Gasteiger partial charge in [-0.05, 0) is 25.7 Å². The molecule has 0 saturated heterocycles. The Bertz CT molecular complexity index is 122. The molecule has 0 aromatic rings. The third-order valence-electron chi connectivity index (χ3n) is 2.03. The number of hydrogen-bond acceptors (Lipinski definition) is 2. The van der Waals surface area contributed by atoms with Gasteiger partial charge in [0.25, 0.3) is 0 Å². The maximum atomic E-state index is 12.0. The minimum absolute atomic E-state index is 0.174. The van der Waals surface area contributed by atoms with Gasteiger partial charge in [0, 0.05) is 10.7 Å². The van der Waals surface area contributed by atoms with Crippen LogP contribution in [0.2, 0.25) is 0 Å². The van der Waals surface area contributed by atoms with E-state index in [0.717, 1.165) is 0 Å². The predicted molar refractivity (Wildman–Crippen MR) is 29.3 cm³/mol. The molecular weight excluding hydrogens is 164 g/mol. The summed E-state index contributed by atoms with van der Waals surface area (Å²) in [7, 11) is 0. The molecule has 6 heteroatoms. The fourth-order valence-electron chi connectivity index (χ4n) is 1.34. The lowest BCUT2D eigenvalue weighted by Crippen LogP contribution is -2.45. The van der Waals surface area contributed by atoms with Crippen molar-refractivity contribution in [3.63, 3.8) is 0 Å². The van der Waals surface area contributed by atoms with E-state index in [2.05, 4.69) is 0 Å².